The zero-order valence-electron chi connectivity index (χ0n) is 5.16. The van der Waals surface area contributed by atoms with Gasteiger partial charge in [0.25, 0.3) is 0 Å². The number of aryl methyl sites for hydroxylation is 1. The van der Waals surface area contributed by atoms with Gasteiger partial charge in [-0.25, -0.2) is 0 Å². The number of nitrogen functional groups attached to an aromatic ring is 1. The lowest BCUT2D eigenvalue weighted by atomic mass is 10.6. The van der Waals surface area contributed by atoms with Gasteiger partial charge in [0.1, 0.15) is 0 Å². The molecule has 50 valence electrons. The van der Waals surface area contributed by atoms with Crippen molar-refractivity contribution in [1.29, 1.82) is 0 Å². The molecule has 0 aromatic carbocycles. The standard InChI is InChI=1S/C5H9N3O/c1-8-3-4(6)2-5(8)9-7/h2-3H,6-7H2,1H3. The maximum Gasteiger partial charge on any atom is 0.220 e. The van der Waals surface area contributed by atoms with Crippen LogP contribution in [0.5, 0.6) is 5.88 Å². The molecule has 0 radical (unpaired) electrons. The molecule has 0 atom stereocenters. The Hall–Kier alpha value is -1.16. The van der Waals surface area contributed by atoms with Crippen molar-refractivity contribution in [3.63, 3.8) is 0 Å². The molecule has 0 aliphatic heterocycles. The minimum absolute atomic E-state index is 0.563. The Bertz CT molecular complexity index is 206. The minimum atomic E-state index is 0.563. The molecule has 1 heterocycles. The average Bonchev–Trinajstić information content (AvgIpc) is 2.10. The fraction of sp³-hybridized carbons (Fsp3) is 0.200. The van der Waals surface area contributed by atoms with Crippen LogP contribution in [-0.4, -0.2) is 4.57 Å². The van der Waals surface area contributed by atoms with Crippen LogP contribution in [0.1, 0.15) is 0 Å². The first-order valence-electron chi connectivity index (χ1n) is 2.52. The first kappa shape index (κ1) is 5.97. The number of anilines is 1. The largest absolute Gasteiger partial charge is 0.397 e. The van der Waals surface area contributed by atoms with Gasteiger partial charge in [-0.15, -0.1) is 0 Å². The quantitative estimate of drug-likeness (QED) is 0.516. The van der Waals surface area contributed by atoms with Crippen molar-refractivity contribution in [2.45, 2.75) is 0 Å². The van der Waals surface area contributed by atoms with E-state index in [4.69, 9.17) is 11.6 Å². The van der Waals surface area contributed by atoms with Gasteiger partial charge in [0.05, 0.1) is 5.69 Å². The lowest BCUT2D eigenvalue weighted by molar-refractivity contribution is 0.309. The van der Waals surface area contributed by atoms with Crippen LogP contribution in [0.3, 0.4) is 0 Å². The Morgan fingerprint density at radius 1 is 1.67 bits per heavy atom. The molecule has 4 heteroatoms. The van der Waals surface area contributed by atoms with Gasteiger partial charge in [-0.2, -0.15) is 5.90 Å². The summed E-state index contributed by atoms with van der Waals surface area (Å²) in [5.41, 5.74) is 6.05. The minimum Gasteiger partial charge on any atom is -0.397 e. The van der Waals surface area contributed by atoms with E-state index in [9.17, 15) is 0 Å². The number of aromatic nitrogens is 1. The van der Waals surface area contributed by atoms with Gasteiger partial charge in [0.2, 0.25) is 5.88 Å². The zero-order valence-corrected chi connectivity index (χ0v) is 5.16. The number of hydrogen-bond acceptors (Lipinski definition) is 3. The topological polar surface area (TPSA) is 66.2 Å². The van der Waals surface area contributed by atoms with Gasteiger partial charge in [-0.05, 0) is 0 Å². The molecule has 0 bridgehead atoms. The molecular weight excluding hydrogens is 118 g/mol. The Morgan fingerprint density at radius 2 is 2.33 bits per heavy atom. The summed E-state index contributed by atoms with van der Waals surface area (Å²) in [6, 6.07) is 1.65. The first-order chi connectivity index (χ1) is 4.24. The molecule has 0 saturated heterocycles. The fourth-order valence-corrected chi connectivity index (χ4v) is 0.686. The number of nitrogens with zero attached hydrogens (tertiary/aromatic N) is 1. The predicted octanol–water partition coefficient (Wildman–Crippen LogP) is -0.140. The van der Waals surface area contributed by atoms with Gasteiger partial charge < -0.3 is 15.1 Å². The third-order valence-electron chi connectivity index (χ3n) is 1.10. The number of nitrogens with two attached hydrogens (primary N) is 2. The van der Waals surface area contributed by atoms with Crippen molar-refractivity contribution < 1.29 is 4.84 Å². The van der Waals surface area contributed by atoms with E-state index in [0.717, 1.165) is 0 Å². The molecule has 0 amide bonds. The molecule has 1 aromatic heterocycles. The van der Waals surface area contributed by atoms with Crippen LogP contribution < -0.4 is 16.5 Å². The zero-order chi connectivity index (χ0) is 6.85. The highest BCUT2D eigenvalue weighted by Gasteiger charge is 1.97. The predicted molar refractivity (Wildman–Crippen MR) is 34.6 cm³/mol. The van der Waals surface area contributed by atoms with E-state index in [1.54, 1.807) is 23.9 Å². The van der Waals surface area contributed by atoms with Gasteiger partial charge in [0, 0.05) is 19.3 Å². The SMILES string of the molecule is Cn1cc(N)cc1ON. The van der Waals surface area contributed by atoms with E-state index in [1.165, 1.54) is 0 Å². The Kier molecular flexibility index (Phi) is 1.32. The third-order valence-corrected chi connectivity index (χ3v) is 1.10. The van der Waals surface area contributed by atoms with Crippen molar-refractivity contribution in [2.24, 2.45) is 12.9 Å². The summed E-state index contributed by atoms with van der Waals surface area (Å²) in [6.45, 7) is 0. The van der Waals surface area contributed by atoms with E-state index in [2.05, 4.69) is 4.84 Å². The molecule has 1 aromatic rings. The van der Waals surface area contributed by atoms with Crippen LogP contribution in [0.2, 0.25) is 0 Å². The number of rotatable bonds is 1. The van der Waals surface area contributed by atoms with Crippen molar-refractivity contribution in [3.8, 4) is 5.88 Å². The smallest absolute Gasteiger partial charge is 0.220 e. The van der Waals surface area contributed by atoms with E-state index >= 15 is 0 Å². The second kappa shape index (κ2) is 1.99. The van der Waals surface area contributed by atoms with E-state index < -0.39 is 0 Å². The molecule has 9 heavy (non-hydrogen) atoms. The molecule has 0 saturated carbocycles. The molecule has 0 aliphatic rings. The molecule has 4 N–H and O–H groups in total. The second-order valence-corrected chi connectivity index (χ2v) is 1.84. The molecular formula is C5H9N3O. The van der Waals surface area contributed by atoms with E-state index in [-0.39, 0.29) is 0 Å². The molecule has 0 aliphatic carbocycles. The average molecular weight is 127 g/mol. The van der Waals surface area contributed by atoms with Crippen molar-refractivity contribution in [2.75, 3.05) is 5.73 Å². The summed E-state index contributed by atoms with van der Waals surface area (Å²) in [4.78, 5) is 4.45. The monoisotopic (exact) mass is 127 g/mol. The molecule has 0 fully saturated rings. The third kappa shape index (κ3) is 0.972. The van der Waals surface area contributed by atoms with E-state index in [0.29, 0.717) is 11.6 Å². The van der Waals surface area contributed by atoms with Gasteiger partial charge in [-0.3, -0.25) is 0 Å². The van der Waals surface area contributed by atoms with Crippen LogP contribution in [0.15, 0.2) is 12.3 Å². The highest BCUT2D eigenvalue weighted by molar-refractivity contribution is 5.41. The summed E-state index contributed by atoms with van der Waals surface area (Å²) in [7, 11) is 1.80. The van der Waals surface area contributed by atoms with Crippen LogP contribution >= 0.6 is 0 Å². The normalized spacial score (nSPS) is 9.56. The van der Waals surface area contributed by atoms with Crippen LogP contribution in [0.25, 0.3) is 0 Å². The van der Waals surface area contributed by atoms with Gasteiger partial charge in [-0.1, -0.05) is 0 Å². The van der Waals surface area contributed by atoms with Crippen molar-refractivity contribution >= 4 is 5.69 Å². The van der Waals surface area contributed by atoms with Crippen molar-refractivity contribution in [1.82, 2.24) is 4.57 Å². The summed E-state index contributed by atoms with van der Waals surface area (Å²) >= 11 is 0. The fourth-order valence-electron chi connectivity index (χ4n) is 0.686. The summed E-state index contributed by atoms with van der Waals surface area (Å²) in [5.74, 6) is 5.45. The number of hydrogen-bond donors (Lipinski definition) is 2. The first-order valence-corrected chi connectivity index (χ1v) is 2.52. The Morgan fingerprint density at radius 3 is 2.56 bits per heavy atom. The van der Waals surface area contributed by atoms with Gasteiger partial charge >= 0.3 is 0 Å². The van der Waals surface area contributed by atoms with Crippen LogP contribution in [0.4, 0.5) is 5.69 Å². The Labute approximate surface area is 53.0 Å². The lowest BCUT2D eigenvalue weighted by Gasteiger charge is -1.95. The summed E-state index contributed by atoms with van der Waals surface area (Å²) < 4.78 is 1.70. The summed E-state index contributed by atoms with van der Waals surface area (Å²) in [5, 5.41) is 0. The highest BCUT2D eigenvalue weighted by Crippen LogP contribution is 2.14. The Balaban J connectivity index is 3.01. The van der Waals surface area contributed by atoms with Crippen LogP contribution in [-0.2, 0) is 7.05 Å². The highest BCUT2D eigenvalue weighted by atomic mass is 16.6. The van der Waals surface area contributed by atoms with Gasteiger partial charge in [0.15, 0.2) is 0 Å². The van der Waals surface area contributed by atoms with Crippen LogP contribution in [0, 0.1) is 0 Å². The molecule has 0 unspecified atom stereocenters. The molecule has 4 nitrogen and oxygen atoms in total. The second-order valence-electron chi connectivity index (χ2n) is 1.84. The lowest BCUT2D eigenvalue weighted by Crippen LogP contribution is -2.04. The summed E-state index contributed by atoms with van der Waals surface area (Å²) in [6.07, 6.45) is 1.72. The van der Waals surface area contributed by atoms with E-state index in [1.807, 2.05) is 0 Å². The molecule has 0 spiro atoms. The molecule has 1 rings (SSSR count). The maximum absolute atomic E-state index is 5.40. The maximum atomic E-state index is 5.40. The van der Waals surface area contributed by atoms with Crippen molar-refractivity contribution in [3.05, 3.63) is 12.3 Å².